The van der Waals surface area contributed by atoms with Gasteiger partial charge in [-0.1, -0.05) is 30.4 Å². The third kappa shape index (κ3) is 1.83. The minimum Gasteiger partial charge on any atom is -0.360 e. The van der Waals surface area contributed by atoms with E-state index in [1.807, 2.05) is 42.5 Å². The molecule has 5 heteroatoms. The summed E-state index contributed by atoms with van der Waals surface area (Å²) in [7, 11) is 0. The van der Waals surface area contributed by atoms with Gasteiger partial charge in [-0.25, -0.2) is 0 Å². The van der Waals surface area contributed by atoms with Crippen molar-refractivity contribution in [3.63, 3.8) is 0 Å². The predicted molar refractivity (Wildman–Crippen MR) is 83.7 cm³/mol. The Balaban J connectivity index is 1.48. The van der Waals surface area contributed by atoms with Crippen LogP contribution in [0, 0.1) is 11.8 Å². The zero-order valence-electron chi connectivity index (χ0n) is 12.6. The molecule has 0 aromatic heterocycles. The van der Waals surface area contributed by atoms with E-state index >= 15 is 0 Å². The van der Waals surface area contributed by atoms with E-state index in [2.05, 4.69) is 5.32 Å². The van der Waals surface area contributed by atoms with E-state index in [4.69, 9.17) is 4.74 Å². The lowest BCUT2D eigenvalue weighted by atomic mass is 9.77. The van der Waals surface area contributed by atoms with Crippen LogP contribution < -0.4 is 10.2 Å². The number of ether oxygens (including phenoxy) is 1. The molecule has 2 amide bonds. The summed E-state index contributed by atoms with van der Waals surface area (Å²) in [6, 6.07) is 9.90. The Morgan fingerprint density at radius 3 is 2.78 bits per heavy atom. The van der Waals surface area contributed by atoms with E-state index in [0.29, 0.717) is 12.6 Å². The Morgan fingerprint density at radius 2 is 2.04 bits per heavy atom. The lowest BCUT2D eigenvalue weighted by molar-refractivity contribution is -0.132. The molecule has 5 rings (SSSR count). The van der Waals surface area contributed by atoms with Crippen molar-refractivity contribution in [3.05, 3.63) is 42.5 Å². The number of carbonyl (C=O) groups is 2. The molecule has 1 aromatic rings. The second-order valence-electron chi connectivity index (χ2n) is 6.94. The van der Waals surface area contributed by atoms with Crippen molar-refractivity contribution in [1.29, 1.82) is 0 Å². The smallest absolute Gasteiger partial charge is 0.234 e. The summed E-state index contributed by atoms with van der Waals surface area (Å²) < 4.78 is 6.11. The molecule has 0 unspecified atom stereocenters. The van der Waals surface area contributed by atoms with Crippen molar-refractivity contribution >= 4 is 17.5 Å². The van der Waals surface area contributed by atoms with Crippen LogP contribution in [0.2, 0.25) is 0 Å². The van der Waals surface area contributed by atoms with Gasteiger partial charge in [-0.15, -0.1) is 0 Å². The van der Waals surface area contributed by atoms with Gasteiger partial charge in [-0.3, -0.25) is 9.59 Å². The van der Waals surface area contributed by atoms with Crippen molar-refractivity contribution in [2.24, 2.45) is 11.8 Å². The minimum absolute atomic E-state index is 0.000929. The van der Waals surface area contributed by atoms with Crippen LogP contribution in [-0.2, 0) is 14.3 Å². The maximum absolute atomic E-state index is 13.0. The van der Waals surface area contributed by atoms with E-state index in [1.165, 1.54) is 0 Å². The number of carbonyl (C=O) groups excluding carboxylic acids is 2. The molecule has 3 aliphatic heterocycles. The van der Waals surface area contributed by atoms with E-state index in [1.54, 1.807) is 4.90 Å². The molecule has 1 N–H and O–H groups in total. The fourth-order valence-electron chi connectivity index (χ4n) is 4.15. The third-order valence-electron chi connectivity index (χ3n) is 5.39. The quantitative estimate of drug-likeness (QED) is 0.855. The van der Waals surface area contributed by atoms with Crippen molar-refractivity contribution < 1.29 is 14.3 Å². The molecule has 4 aliphatic rings. The van der Waals surface area contributed by atoms with Crippen molar-refractivity contribution in [1.82, 2.24) is 5.32 Å². The number of benzene rings is 1. The van der Waals surface area contributed by atoms with Gasteiger partial charge in [0.2, 0.25) is 11.8 Å². The predicted octanol–water partition coefficient (Wildman–Crippen LogP) is 1.25. The van der Waals surface area contributed by atoms with Crippen LogP contribution in [0.15, 0.2) is 42.5 Å². The first-order valence-electron chi connectivity index (χ1n) is 8.22. The molecule has 5 nitrogen and oxygen atoms in total. The number of nitrogens with zero attached hydrogens (tertiary/aromatic N) is 1. The van der Waals surface area contributed by atoms with Gasteiger partial charge < -0.3 is 15.0 Å². The van der Waals surface area contributed by atoms with Crippen LogP contribution >= 0.6 is 0 Å². The van der Waals surface area contributed by atoms with E-state index < -0.39 is 17.4 Å². The maximum Gasteiger partial charge on any atom is 0.234 e. The summed E-state index contributed by atoms with van der Waals surface area (Å²) in [5, 5.41) is 3.04. The number of amides is 2. The highest BCUT2D eigenvalue weighted by molar-refractivity contribution is 6.03. The van der Waals surface area contributed by atoms with Crippen molar-refractivity contribution in [3.8, 4) is 0 Å². The van der Waals surface area contributed by atoms with Gasteiger partial charge in [-0.2, -0.15) is 0 Å². The highest BCUT2D eigenvalue weighted by Gasteiger charge is 2.67. The molecule has 1 saturated carbocycles. The molecule has 1 aliphatic carbocycles. The molecule has 1 aromatic carbocycles. The number of fused-ring (bicyclic) bond motifs is 1. The zero-order chi connectivity index (χ0) is 15.6. The largest absolute Gasteiger partial charge is 0.360 e. The molecule has 118 valence electrons. The van der Waals surface area contributed by atoms with Gasteiger partial charge >= 0.3 is 0 Å². The van der Waals surface area contributed by atoms with E-state index in [0.717, 1.165) is 18.5 Å². The molecule has 2 saturated heterocycles. The number of anilines is 1. The number of para-hydroxylation sites is 1. The first-order valence-corrected chi connectivity index (χ1v) is 8.22. The average Bonchev–Trinajstić information content (AvgIpc) is 3.09. The maximum atomic E-state index is 13.0. The van der Waals surface area contributed by atoms with Crippen LogP contribution in [0.5, 0.6) is 0 Å². The fourth-order valence-corrected chi connectivity index (χ4v) is 4.15. The monoisotopic (exact) mass is 310 g/mol. The molecule has 4 atom stereocenters. The van der Waals surface area contributed by atoms with Crippen LogP contribution in [0.3, 0.4) is 0 Å². The molecule has 3 fully saturated rings. The standard InChI is InChI=1S/C18H18N2O3/c21-16(19-11-6-7-11)14-13-8-9-18(23-13)10-20(17(22)15(14)18)12-4-2-1-3-5-12/h1-5,8-9,11,13-15H,6-7,10H2,(H,19,21)/t13-,14-,15+,18-/m0/s1. The van der Waals surface area contributed by atoms with Gasteiger partial charge in [0.15, 0.2) is 0 Å². The number of nitrogens with one attached hydrogen (secondary N) is 1. The minimum atomic E-state index is -0.636. The SMILES string of the molecule is O=C(NC1CC1)[C@H]1[C@@H]2C=C[C@@]3(CN(c4ccccc4)C(=O)[C@@H]13)O2. The van der Waals surface area contributed by atoms with E-state index in [9.17, 15) is 9.59 Å². The molecular weight excluding hydrogens is 292 g/mol. The molecule has 23 heavy (non-hydrogen) atoms. The summed E-state index contributed by atoms with van der Waals surface area (Å²) in [5.41, 5.74) is 0.228. The van der Waals surface area contributed by atoms with Crippen molar-refractivity contribution in [2.75, 3.05) is 11.4 Å². The normalized spacial score (nSPS) is 37.3. The summed E-state index contributed by atoms with van der Waals surface area (Å²) in [4.78, 5) is 27.4. The Kier molecular flexibility index (Phi) is 2.57. The van der Waals surface area contributed by atoms with Crippen LogP contribution in [0.1, 0.15) is 12.8 Å². The Labute approximate surface area is 134 Å². The van der Waals surface area contributed by atoms with Crippen molar-refractivity contribution in [2.45, 2.75) is 30.6 Å². The first-order chi connectivity index (χ1) is 11.2. The summed E-state index contributed by atoms with van der Waals surface area (Å²) in [6.07, 6.45) is 5.76. The Morgan fingerprint density at radius 1 is 1.26 bits per heavy atom. The van der Waals surface area contributed by atoms with Gasteiger partial charge in [0, 0.05) is 11.7 Å². The Hall–Kier alpha value is -2.14. The number of hydrogen-bond acceptors (Lipinski definition) is 3. The van der Waals surface area contributed by atoms with Crippen LogP contribution in [0.4, 0.5) is 5.69 Å². The highest BCUT2D eigenvalue weighted by Crippen LogP contribution is 2.52. The summed E-state index contributed by atoms with van der Waals surface area (Å²) >= 11 is 0. The Bertz CT molecular complexity index is 712. The number of rotatable bonds is 3. The zero-order valence-corrected chi connectivity index (χ0v) is 12.6. The lowest BCUT2D eigenvalue weighted by Gasteiger charge is -2.23. The lowest BCUT2D eigenvalue weighted by Crippen LogP contribution is -2.44. The van der Waals surface area contributed by atoms with Gasteiger partial charge in [0.05, 0.1) is 24.5 Å². The molecule has 0 radical (unpaired) electrons. The number of hydrogen-bond donors (Lipinski definition) is 1. The summed E-state index contributed by atoms with van der Waals surface area (Å²) in [6.45, 7) is 0.487. The molecule has 2 bridgehead atoms. The third-order valence-corrected chi connectivity index (χ3v) is 5.39. The second kappa shape index (κ2) is 4.45. The van der Waals surface area contributed by atoms with E-state index in [-0.39, 0.29) is 17.9 Å². The second-order valence-corrected chi connectivity index (χ2v) is 6.94. The van der Waals surface area contributed by atoms with Gasteiger partial charge in [0.25, 0.3) is 0 Å². The summed E-state index contributed by atoms with van der Waals surface area (Å²) in [5.74, 6) is -0.839. The molecular formula is C18H18N2O3. The molecule has 1 spiro atoms. The van der Waals surface area contributed by atoms with Gasteiger partial charge in [0.1, 0.15) is 5.60 Å². The van der Waals surface area contributed by atoms with Gasteiger partial charge in [-0.05, 0) is 25.0 Å². The average molecular weight is 310 g/mol. The fraction of sp³-hybridized carbons (Fsp3) is 0.444. The first kappa shape index (κ1) is 13.3. The highest BCUT2D eigenvalue weighted by atomic mass is 16.5. The van der Waals surface area contributed by atoms with Crippen LogP contribution in [-0.4, -0.2) is 36.1 Å². The molecule has 3 heterocycles. The van der Waals surface area contributed by atoms with Crippen LogP contribution in [0.25, 0.3) is 0 Å². The topological polar surface area (TPSA) is 58.6 Å².